The molecule has 1 atom stereocenters. The molecule has 0 saturated heterocycles. The van der Waals surface area contributed by atoms with Gasteiger partial charge in [0.15, 0.2) is 0 Å². The van der Waals surface area contributed by atoms with Gasteiger partial charge >= 0.3 is 11.9 Å². The number of benzene rings is 1. The summed E-state index contributed by atoms with van der Waals surface area (Å²) in [6, 6.07) is 4.93. The lowest BCUT2D eigenvalue weighted by atomic mass is 10.2. The highest BCUT2D eigenvalue weighted by Gasteiger charge is 2.12. The normalized spacial score (nSPS) is 12.0. The first-order valence-electron chi connectivity index (χ1n) is 5.78. The smallest absolute Gasteiger partial charge is 0.320 e. The van der Waals surface area contributed by atoms with Crippen LogP contribution in [0.3, 0.4) is 0 Å². The molecule has 1 aromatic carbocycles. The molecular weight excluding hydrogens is 302 g/mol. The van der Waals surface area contributed by atoms with E-state index in [9.17, 15) is 18.0 Å². The number of carboxylic acids is 2. The van der Waals surface area contributed by atoms with Crippen molar-refractivity contribution < 1.29 is 32.8 Å². The molecule has 0 amide bonds. The van der Waals surface area contributed by atoms with Crippen LogP contribution in [0, 0.1) is 6.92 Å². The molecule has 0 bridgehead atoms. The van der Waals surface area contributed by atoms with Crippen LogP contribution < -0.4 is 5.73 Å². The van der Waals surface area contributed by atoms with Crippen molar-refractivity contribution in [1.82, 2.24) is 0 Å². The summed E-state index contributed by atoms with van der Waals surface area (Å²) in [5, 5.41) is 16.3. The van der Waals surface area contributed by atoms with Crippen LogP contribution in [-0.4, -0.2) is 41.2 Å². The Balaban J connectivity index is 0.000000384. The molecule has 0 fully saturated rings. The number of carbonyl (C=O) groups is 2. The summed E-state index contributed by atoms with van der Waals surface area (Å²) < 4.78 is 29.6. The van der Waals surface area contributed by atoms with Crippen molar-refractivity contribution in [1.29, 1.82) is 0 Å². The number of hydrogen-bond acceptors (Lipinski definition) is 5. The van der Waals surface area contributed by atoms with Crippen molar-refractivity contribution in [2.24, 2.45) is 5.73 Å². The second-order valence-corrected chi connectivity index (χ2v) is 5.59. The maximum atomic E-state index is 10.5. The van der Waals surface area contributed by atoms with E-state index in [2.05, 4.69) is 0 Å². The fourth-order valence-electron chi connectivity index (χ4n) is 1.11. The van der Waals surface area contributed by atoms with Gasteiger partial charge in [0.05, 0.1) is 4.90 Å². The van der Waals surface area contributed by atoms with Gasteiger partial charge < -0.3 is 15.9 Å². The Bertz CT molecular complexity index is 580. The molecular formula is C12H17NO7S. The molecule has 118 valence electrons. The van der Waals surface area contributed by atoms with Gasteiger partial charge in [0.1, 0.15) is 6.04 Å². The predicted octanol–water partition coefficient (Wildman–Crippen LogP) is 0.505. The SMILES string of the molecule is Cc1ccc(S(=O)(=O)O)cc1.N[C@@H](CCC(=O)O)C(=O)O. The zero-order valence-corrected chi connectivity index (χ0v) is 12.1. The van der Waals surface area contributed by atoms with Gasteiger partial charge in [-0.2, -0.15) is 8.42 Å². The fourth-order valence-corrected chi connectivity index (χ4v) is 1.59. The van der Waals surface area contributed by atoms with E-state index < -0.39 is 28.1 Å². The van der Waals surface area contributed by atoms with Crippen molar-refractivity contribution in [3.05, 3.63) is 29.8 Å². The van der Waals surface area contributed by atoms with E-state index in [1.165, 1.54) is 12.1 Å². The average Bonchev–Trinajstić information content (AvgIpc) is 2.35. The second-order valence-electron chi connectivity index (χ2n) is 4.17. The Morgan fingerprint density at radius 1 is 1.19 bits per heavy atom. The fraction of sp³-hybridized carbons (Fsp3) is 0.333. The monoisotopic (exact) mass is 319 g/mol. The number of nitrogens with two attached hydrogens (primary N) is 1. The number of aliphatic carboxylic acids is 2. The second kappa shape index (κ2) is 8.35. The standard InChI is InChI=1S/C7H8O3S.C5H9NO4/c1-6-2-4-7(5-3-6)11(8,9)10;6-3(5(9)10)1-2-4(7)8/h2-5H,1H3,(H,8,9,10);3H,1-2,6H2,(H,7,8)(H,9,10)/t;3-/m.0/s1. The van der Waals surface area contributed by atoms with Gasteiger partial charge in [0.2, 0.25) is 0 Å². The predicted molar refractivity (Wildman–Crippen MR) is 73.5 cm³/mol. The first kappa shape index (κ1) is 19.0. The topological polar surface area (TPSA) is 155 Å². The van der Waals surface area contributed by atoms with Crippen LogP contribution in [0.2, 0.25) is 0 Å². The maximum Gasteiger partial charge on any atom is 0.320 e. The quantitative estimate of drug-likeness (QED) is 0.572. The van der Waals surface area contributed by atoms with Gasteiger partial charge in [-0.25, -0.2) is 0 Å². The number of aryl methyl sites for hydroxylation is 1. The minimum Gasteiger partial charge on any atom is -0.481 e. The van der Waals surface area contributed by atoms with Crippen LogP contribution in [0.5, 0.6) is 0 Å². The number of hydrogen-bond donors (Lipinski definition) is 4. The van der Waals surface area contributed by atoms with Crippen LogP contribution >= 0.6 is 0 Å². The van der Waals surface area contributed by atoms with Crippen LogP contribution in [0.4, 0.5) is 0 Å². The largest absolute Gasteiger partial charge is 0.481 e. The van der Waals surface area contributed by atoms with E-state index in [1.54, 1.807) is 12.1 Å². The molecule has 0 radical (unpaired) electrons. The molecule has 5 N–H and O–H groups in total. The highest BCUT2D eigenvalue weighted by atomic mass is 32.2. The van der Waals surface area contributed by atoms with Crippen molar-refractivity contribution in [3.63, 3.8) is 0 Å². The Kier molecular flexibility index (Phi) is 7.56. The third kappa shape index (κ3) is 8.74. The lowest BCUT2D eigenvalue weighted by Gasteiger charge is -2.01. The minimum atomic E-state index is -4.02. The molecule has 0 unspecified atom stereocenters. The molecule has 0 heterocycles. The molecule has 1 rings (SSSR count). The van der Waals surface area contributed by atoms with Crippen molar-refractivity contribution >= 4 is 22.1 Å². The van der Waals surface area contributed by atoms with Crippen molar-refractivity contribution in [3.8, 4) is 0 Å². The first-order valence-corrected chi connectivity index (χ1v) is 7.22. The highest BCUT2D eigenvalue weighted by molar-refractivity contribution is 7.85. The highest BCUT2D eigenvalue weighted by Crippen LogP contribution is 2.08. The van der Waals surface area contributed by atoms with E-state index in [0.29, 0.717) is 0 Å². The lowest BCUT2D eigenvalue weighted by Crippen LogP contribution is -2.30. The van der Waals surface area contributed by atoms with Crippen LogP contribution in [-0.2, 0) is 19.7 Å². The Morgan fingerprint density at radius 2 is 1.67 bits per heavy atom. The zero-order valence-electron chi connectivity index (χ0n) is 11.3. The summed E-state index contributed by atoms with van der Waals surface area (Å²) >= 11 is 0. The molecule has 0 aliphatic carbocycles. The van der Waals surface area contributed by atoms with E-state index in [-0.39, 0.29) is 17.7 Å². The summed E-state index contributed by atoms with van der Waals surface area (Å²) in [4.78, 5) is 19.8. The molecule has 0 saturated carbocycles. The van der Waals surface area contributed by atoms with Crippen LogP contribution in [0.25, 0.3) is 0 Å². The van der Waals surface area contributed by atoms with Gasteiger partial charge in [0, 0.05) is 6.42 Å². The summed E-state index contributed by atoms with van der Waals surface area (Å²) in [5.41, 5.74) is 5.96. The summed E-state index contributed by atoms with van der Waals surface area (Å²) in [5.74, 6) is -2.20. The molecule has 21 heavy (non-hydrogen) atoms. The lowest BCUT2D eigenvalue weighted by molar-refractivity contribution is -0.139. The first-order chi connectivity index (χ1) is 9.54. The number of rotatable bonds is 5. The third-order valence-electron chi connectivity index (χ3n) is 2.31. The molecule has 0 aliphatic heterocycles. The Labute approximate surface area is 122 Å². The summed E-state index contributed by atoms with van der Waals surface area (Å²) in [7, 11) is -4.02. The third-order valence-corrected chi connectivity index (χ3v) is 3.17. The van der Waals surface area contributed by atoms with Crippen LogP contribution in [0.1, 0.15) is 18.4 Å². The van der Waals surface area contributed by atoms with Crippen molar-refractivity contribution in [2.75, 3.05) is 0 Å². The van der Waals surface area contributed by atoms with E-state index in [1.807, 2.05) is 6.92 Å². The van der Waals surface area contributed by atoms with Gasteiger partial charge in [-0.05, 0) is 25.5 Å². The minimum absolute atomic E-state index is 0.0231. The van der Waals surface area contributed by atoms with Gasteiger partial charge in [-0.1, -0.05) is 17.7 Å². The molecule has 1 aromatic rings. The zero-order chi connectivity index (χ0) is 16.6. The molecule has 0 aliphatic rings. The Morgan fingerprint density at radius 3 is 2.00 bits per heavy atom. The Hall–Kier alpha value is -1.97. The molecule has 8 nitrogen and oxygen atoms in total. The summed E-state index contributed by atoms with van der Waals surface area (Å²) in [6.07, 6.45) is -0.224. The summed E-state index contributed by atoms with van der Waals surface area (Å²) in [6.45, 7) is 1.84. The van der Waals surface area contributed by atoms with Gasteiger partial charge in [0.25, 0.3) is 10.1 Å². The molecule has 0 aromatic heterocycles. The molecule has 0 spiro atoms. The van der Waals surface area contributed by atoms with E-state index in [0.717, 1.165) is 5.56 Å². The molecule has 9 heteroatoms. The van der Waals surface area contributed by atoms with E-state index in [4.69, 9.17) is 20.5 Å². The van der Waals surface area contributed by atoms with Gasteiger partial charge in [-0.15, -0.1) is 0 Å². The van der Waals surface area contributed by atoms with Crippen molar-refractivity contribution in [2.45, 2.75) is 30.7 Å². The van der Waals surface area contributed by atoms with E-state index >= 15 is 0 Å². The maximum absolute atomic E-state index is 10.5. The van der Waals surface area contributed by atoms with Gasteiger partial charge in [-0.3, -0.25) is 14.1 Å². The van der Waals surface area contributed by atoms with Crippen LogP contribution in [0.15, 0.2) is 29.2 Å². The number of carboxylic acid groups (broad SMARTS) is 2. The average molecular weight is 319 g/mol.